The van der Waals surface area contributed by atoms with Gasteiger partial charge in [-0.1, -0.05) is 93.5 Å². The van der Waals surface area contributed by atoms with Crippen molar-refractivity contribution in [1.82, 2.24) is 0 Å². The molecule has 0 saturated heterocycles. The lowest BCUT2D eigenvalue weighted by Gasteiger charge is -2.35. The molecule has 3 aromatic carbocycles. The number of esters is 1. The molecule has 45 heavy (non-hydrogen) atoms. The standard InChI is InChI=1S/C41H55NO3/c1-13-44-38(43)29-14-16-32(17-15-29)42-27(4)34-23-35-33(26(2)3)18-19-41(11,12)36(35)24-37(34)45-25-28-20-30(39(5,6)7)22-31(21-28)40(8,9)10/h14-18,20-24,26-27,42H,13,19,25H2,1-12H3. The quantitative estimate of drug-likeness (QED) is 0.245. The summed E-state index contributed by atoms with van der Waals surface area (Å²) in [6.07, 6.45) is 3.44. The molecule has 0 radical (unpaired) electrons. The highest BCUT2D eigenvalue weighted by molar-refractivity contribution is 5.89. The van der Waals surface area contributed by atoms with Gasteiger partial charge in [0, 0.05) is 11.3 Å². The van der Waals surface area contributed by atoms with Gasteiger partial charge < -0.3 is 14.8 Å². The first-order chi connectivity index (χ1) is 20.9. The van der Waals surface area contributed by atoms with Crippen LogP contribution in [0, 0.1) is 5.92 Å². The van der Waals surface area contributed by atoms with Crippen LogP contribution in [0.3, 0.4) is 0 Å². The van der Waals surface area contributed by atoms with Crippen LogP contribution in [0.2, 0.25) is 0 Å². The Morgan fingerprint density at radius 2 is 1.49 bits per heavy atom. The number of hydrogen-bond donors (Lipinski definition) is 1. The summed E-state index contributed by atoms with van der Waals surface area (Å²) in [5, 5.41) is 3.67. The molecule has 3 aromatic rings. The van der Waals surface area contributed by atoms with Gasteiger partial charge >= 0.3 is 5.97 Å². The minimum atomic E-state index is -0.303. The molecule has 1 atom stereocenters. The van der Waals surface area contributed by atoms with Gasteiger partial charge in [0.05, 0.1) is 18.2 Å². The highest BCUT2D eigenvalue weighted by Crippen LogP contribution is 2.45. The van der Waals surface area contributed by atoms with Gasteiger partial charge in [-0.2, -0.15) is 0 Å². The predicted molar refractivity (Wildman–Crippen MR) is 190 cm³/mol. The third-order valence-corrected chi connectivity index (χ3v) is 9.01. The number of carbonyl (C=O) groups is 1. The summed E-state index contributed by atoms with van der Waals surface area (Å²) < 4.78 is 12.0. The number of rotatable bonds is 9. The van der Waals surface area contributed by atoms with Crippen LogP contribution in [0.4, 0.5) is 5.69 Å². The van der Waals surface area contributed by atoms with Crippen molar-refractivity contribution in [2.75, 3.05) is 11.9 Å². The fourth-order valence-corrected chi connectivity index (χ4v) is 6.04. The van der Waals surface area contributed by atoms with E-state index in [1.807, 2.05) is 31.2 Å². The second kappa shape index (κ2) is 13.1. The van der Waals surface area contributed by atoms with E-state index < -0.39 is 0 Å². The third-order valence-electron chi connectivity index (χ3n) is 9.01. The predicted octanol–water partition coefficient (Wildman–Crippen LogP) is 10.9. The van der Waals surface area contributed by atoms with E-state index in [1.165, 1.54) is 33.4 Å². The van der Waals surface area contributed by atoms with Crippen molar-refractivity contribution in [3.05, 3.63) is 99.6 Å². The fourth-order valence-electron chi connectivity index (χ4n) is 6.04. The monoisotopic (exact) mass is 609 g/mol. The zero-order valence-electron chi connectivity index (χ0n) is 29.8. The maximum Gasteiger partial charge on any atom is 0.338 e. The number of anilines is 1. The smallest absolute Gasteiger partial charge is 0.338 e. The molecule has 1 aliphatic carbocycles. The van der Waals surface area contributed by atoms with E-state index in [1.54, 1.807) is 0 Å². The van der Waals surface area contributed by atoms with Gasteiger partial charge in [-0.05, 0) is 112 Å². The lowest BCUT2D eigenvalue weighted by Crippen LogP contribution is -2.24. The molecule has 0 aromatic heterocycles. The molecular formula is C41H55NO3. The number of ether oxygens (including phenoxy) is 2. The van der Waals surface area contributed by atoms with Crippen molar-refractivity contribution in [1.29, 1.82) is 0 Å². The van der Waals surface area contributed by atoms with Crippen molar-refractivity contribution >= 4 is 17.2 Å². The van der Waals surface area contributed by atoms with Gasteiger partial charge in [0.25, 0.3) is 0 Å². The normalized spacial score (nSPS) is 15.3. The summed E-state index contributed by atoms with van der Waals surface area (Å²) in [6.45, 7) is 27.7. The van der Waals surface area contributed by atoms with Crippen molar-refractivity contribution in [2.45, 2.75) is 118 Å². The summed E-state index contributed by atoms with van der Waals surface area (Å²) in [6, 6.07) is 19.1. The number of fused-ring (bicyclic) bond motifs is 1. The lowest BCUT2D eigenvalue weighted by molar-refractivity contribution is 0.0526. The van der Waals surface area contributed by atoms with E-state index >= 15 is 0 Å². The maximum atomic E-state index is 12.2. The van der Waals surface area contributed by atoms with Gasteiger partial charge in [0.15, 0.2) is 0 Å². The van der Waals surface area contributed by atoms with Crippen LogP contribution in [-0.4, -0.2) is 12.6 Å². The first-order valence-corrected chi connectivity index (χ1v) is 16.6. The van der Waals surface area contributed by atoms with Crippen LogP contribution in [-0.2, 0) is 27.6 Å². The number of carbonyl (C=O) groups excluding carboxylic acids is 1. The molecule has 4 nitrogen and oxygen atoms in total. The molecule has 0 spiro atoms. The highest BCUT2D eigenvalue weighted by Gasteiger charge is 2.31. The van der Waals surface area contributed by atoms with Crippen LogP contribution in [0.5, 0.6) is 5.75 Å². The Bertz CT molecular complexity index is 1510. The van der Waals surface area contributed by atoms with Crippen molar-refractivity contribution in [3.8, 4) is 5.75 Å². The molecule has 0 amide bonds. The summed E-state index contributed by atoms with van der Waals surface area (Å²) in [7, 11) is 0. The minimum absolute atomic E-state index is 0.00944. The first-order valence-electron chi connectivity index (χ1n) is 16.6. The Labute approximate surface area is 272 Å². The summed E-state index contributed by atoms with van der Waals surface area (Å²) in [4.78, 5) is 12.2. The number of nitrogens with one attached hydrogen (secondary N) is 1. The molecule has 1 N–H and O–H groups in total. The van der Waals surface area contributed by atoms with Crippen molar-refractivity contribution in [3.63, 3.8) is 0 Å². The van der Waals surface area contributed by atoms with Crippen LogP contribution >= 0.6 is 0 Å². The van der Waals surface area contributed by atoms with Gasteiger partial charge in [-0.25, -0.2) is 4.79 Å². The Hall–Kier alpha value is -3.53. The highest BCUT2D eigenvalue weighted by atomic mass is 16.5. The Kier molecular flexibility index (Phi) is 9.97. The van der Waals surface area contributed by atoms with Gasteiger partial charge in [0.2, 0.25) is 0 Å². The number of hydrogen-bond acceptors (Lipinski definition) is 4. The van der Waals surface area contributed by atoms with E-state index in [0.29, 0.717) is 24.7 Å². The summed E-state index contributed by atoms with van der Waals surface area (Å²) in [5.74, 6) is 1.03. The molecule has 242 valence electrons. The van der Waals surface area contributed by atoms with E-state index in [0.717, 1.165) is 23.4 Å². The third kappa shape index (κ3) is 8.01. The summed E-state index contributed by atoms with van der Waals surface area (Å²) in [5.41, 5.74) is 10.6. The molecule has 4 heteroatoms. The molecule has 1 unspecified atom stereocenters. The van der Waals surface area contributed by atoms with Crippen LogP contribution in [0.1, 0.15) is 139 Å². The second-order valence-electron chi connectivity index (χ2n) is 15.7. The lowest BCUT2D eigenvalue weighted by atomic mass is 9.71. The molecular weight excluding hydrogens is 554 g/mol. The van der Waals surface area contributed by atoms with Gasteiger partial charge in [-0.15, -0.1) is 0 Å². The Morgan fingerprint density at radius 3 is 2.02 bits per heavy atom. The van der Waals surface area contributed by atoms with Crippen molar-refractivity contribution < 1.29 is 14.3 Å². The van der Waals surface area contributed by atoms with Crippen molar-refractivity contribution in [2.24, 2.45) is 5.92 Å². The number of allylic oxidation sites excluding steroid dienone is 2. The Morgan fingerprint density at radius 1 is 0.889 bits per heavy atom. The molecule has 4 rings (SSSR count). The van der Waals surface area contributed by atoms with E-state index in [-0.39, 0.29) is 28.3 Å². The topological polar surface area (TPSA) is 47.6 Å². The first kappa shape index (κ1) is 34.3. The van der Waals surface area contributed by atoms with Gasteiger partial charge in [0.1, 0.15) is 12.4 Å². The molecule has 0 bridgehead atoms. The molecule has 0 fully saturated rings. The molecule has 0 aliphatic heterocycles. The zero-order valence-corrected chi connectivity index (χ0v) is 29.8. The van der Waals surface area contributed by atoms with Crippen LogP contribution in [0.25, 0.3) is 5.57 Å². The maximum absolute atomic E-state index is 12.2. The SMILES string of the molecule is CCOC(=O)c1ccc(NC(C)c2cc3c(cc2OCc2cc(C(C)(C)C)cc(C(C)(C)C)c2)C(C)(C)CC=C3C(C)C)cc1. The molecule has 0 heterocycles. The van der Waals surface area contributed by atoms with E-state index in [9.17, 15) is 4.79 Å². The summed E-state index contributed by atoms with van der Waals surface area (Å²) >= 11 is 0. The van der Waals surface area contributed by atoms with Crippen LogP contribution in [0.15, 0.2) is 60.7 Å². The van der Waals surface area contributed by atoms with E-state index in [2.05, 4.69) is 118 Å². The Balaban J connectivity index is 1.75. The zero-order chi connectivity index (χ0) is 33.3. The fraction of sp³-hybridized carbons (Fsp3) is 0.488. The van der Waals surface area contributed by atoms with Gasteiger partial charge in [-0.3, -0.25) is 0 Å². The molecule has 0 saturated carbocycles. The number of benzene rings is 3. The largest absolute Gasteiger partial charge is 0.489 e. The van der Waals surface area contributed by atoms with E-state index in [4.69, 9.17) is 9.47 Å². The molecule has 1 aliphatic rings. The second-order valence-corrected chi connectivity index (χ2v) is 15.7. The van der Waals surface area contributed by atoms with Crippen LogP contribution < -0.4 is 10.1 Å². The average Bonchev–Trinajstić information content (AvgIpc) is 2.95. The average molecular weight is 610 g/mol. The minimum Gasteiger partial charge on any atom is -0.489 e.